The van der Waals surface area contributed by atoms with Gasteiger partial charge in [0.1, 0.15) is 5.60 Å². The zero-order valence-electron chi connectivity index (χ0n) is 15.7. The predicted octanol–water partition coefficient (Wildman–Crippen LogP) is 3.78. The van der Waals surface area contributed by atoms with Crippen molar-refractivity contribution in [2.24, 2.45) is 7.05 Å². The molecular formula is C19H18ClF3N4O2. The lowest BCUT2D eigenvalue weighted by Gasteiger charge is -2.28. The summed E-state index contributed by atoms with van der Waals surface area (Å²) in [6.07, 6.45) is -1.25. The molecule has 1 aromatic carbocycles. The molecule has 1 unspecified atom stereocenters. The first-order valence-corrected chi connectivity index (χ1v) is 9.50. The molecule has 0 saturated heterocycles. The fourth-order valence-electron chi connectivity index (χ4n) is 3.68. The van der Waals surface area contributed by atoms with Crippen molar-refractivity contribution in [2.45, 2.75) is 44.0 Å². The van der Waals surface area contributed by atoms with Crippen LogP contribution in [0.1, 0.15) is 49.0 Å². The van der Waals surface area contributed by atoms with Gasteiger partial charge in [0.15, 0.2) is 5.52 Å². The average Bonchev–Trinajstić information content (AvgIpc) is 3.42. The number of aromatic nitrogens is 4. The summed E-state index contributed by atoms with van der Waals surface area (Å²) in [7, 11) is 1.57. The zero-order valence-corrected chi connectivity index (χ0v) is 16.4. The van der Waals surface area contributed by atoms with E-state index in [1.165, 1.54) is 21.6 Å². The van der Waals surface area contributed by atoms with Gasteiger partial charge in [0, 0.05) is 7.05 Å². The fraction of sp³-hybridized carbons (Fsp3) is 0.421. The first kappa shape index (κ1) is 19.9. The number of halogens is 4. The van der Waals surface area contributed by atoms with E-state index in [1.807, 2.05) is 0 Å². The lowest BCUT2D eigenvalue weighted by molar-refractivity contribution is -0.137. The molecule has 1 atom stereocenters. The first-order valence-electron chi connectivity index (χ1n) is 9.12. The third-order valence-corrected chi connectivity index (χ3v) is 5.67. The van der Waals surface area contributed by atoms with Gasteiger partial charge in [0.2, 0.25) is 0 Å². The normalized spacial score (nSPS) is 16.9. The quantitative estimate of drug-likeness (QED) is 0.689. The van der Waals surface area contributed by atoms with Crippen molar-refractivity contribution in [3.05, 3.63) is 56.6 Å². The van der Waals surface area contributed by atoms with Crippen molar-refractivity contribution in [3.8, 4) is 0 Å². The van der Waals surface area contributed by atoms with Gasteiger partial charge >= 0.3 is 6.18 Å². The van der Waals surface area contributed by atoms with Crippen molar-refractivity contribution in [3.63, 3.8) is 0 Å². The maximum Gasteiger partial charge on any atom is 0.417 e. The molecule has 1 fully saturated rings. The molecule has 2 aromatic heterocycles. The largest absolute Gasteiger partial charge is 0.417 e. The van der Waals surface area contributed by atoms with Crippen molar-refractivity contribution in [2.75, 3.05) is 0 Å². The number of fused-ring (bicyclic) bond motifs is 1. The van der Waals surface area contributed by atoms with Crippen LogP contribution >= 0.6 is 11.6 Å². The number of hydrogen-bond donors (Lipinski definition) is 1. The molecule has 2 heterocycles. The Bertz CT molecular complexity index is 1170. The highest BCUT2D eigenvalue weighted by Gasteiger charge is 2.39. The van der Waals surface area contributed by atoms with Gasteiger partial charge in [0.05, 0.1) is 33.9 Å². The molecule has 0 spiro atoms. The second-order valence-electron chi connectivity index (χ2n) is 7.27. The molecule has 1 aliphatic carbocycles. The van der Waals surface area contributed by atoms with Crippen molar-refractivity contribution >= 4 is 22.5 Å². The predicted molar refractivity (Wildman–Crippen MR) is 101 cm³/mol. The number of alkyl halides is 3. The molecule has 0 radical (unpaired) electrons. The van der Waals surface area contributed by atoms with Crippen LogP contribution < -0.4 is 5.56 Å². The van der Waals surface area contributed by atoms with Crippen LogP contribution in [0.3, 0.4) is 0 Å². The highest BCUT2D eigenvalue weighted by Crippen LogP contribution is 2.41. The maximum absolute atomic E-state index is 13.1. The second-order valence-corrected chi connectivity index (χ2v) is 7.67. The van der Waals surface area contributed by atoms with Crippen LogP contribution in [-0.2, 0) is 18.8 Å². The van der Waals surface area contributed by atoms with E-state index in [1.54, 1.807) is 14.0 Å². The summed E-state index contributed by atoms with van der Waals surface area (Å²) >= 11 is 5.87. The molecule has 1 aliphatic rings. The molecule has 10 heteroatoms. The Morgan fingerprint density at radius 1 is 1.31 bits per heavy atom. The minimum absolute atomic E-state index is 0.0659. The van der Waals surface area contributed by atoms with E-state index >= 15 is 0 Å². The summed E-state index contributed by atoms with van der Waals surface area (Å²) in [5.74, 6) is 0. The summed E-state index contributed by atoms with van der Waals surface area (Å²) in [6.45, 7) is 1.68. The van der Waals surface area contributed by atoms with Crippen LogP contribution in [0.25, 0.3) is 10.9 Å². The minimum atomic E-state index is -4.60. The molecule has 1 saturated carbocycles. The molecule has 0 amide bonds. The topological polar surface area (TPSA) is 72.9 Å². The van der Waals surface area contributed by atoms with Crippen LogP contribution in [-0.4, -0.2) is 24.7 Å². The number of benzene rings is 1. The van der Waals surface area contributed by atoms with E-state index in [9.17, 15) is 23.1 Å². The summed E-state index contributed by atoms with van der Waals surface area (Å²) < 4.78 is 41.9. The monoisotopic (exact) mass is 426 g/mol. The van der Waals surface area contributed by atoms with E-state index in [0.717, 1.165) is 25.0 Å². The van der Waals surface area contributed by atoms with Gasteiger partial charge in [-0.3, -0.25) is 9.48 Å². The Labute approximate surface area is 168 Å². The van der Waals surface area contributed by atoms with Gasteiger partial charge in [-0.25, -0.2) is 4.68 Å². The second kappa shape index (κ2) is 6.56. The van der Waals surface area contributed by atoms with E-state index in [-0.39, 0.29) is 34.8 Å². The Balaban J connectivity index is 1.90. The Kier molecular flexibility index (Phi) is 4.51. The number of aliphatic hydroxyl groups is 1. The molecule has 29 heavy (non-hydrogen) atoms. The van der Waals surface area contributed by atoms with E-state index in [4.69, 9.17) is 11.6 Å². The highest BCUT2D eigenvalue weighted by molar-refractivity contribution is 6.31. The van der Waals surface area contributed by atoms with Crippen LogP contribution in [0.5, 0.6) is 0 Å². The van der Waals surface area contributed by atoms with Crippen LogP contribution in [0.15, 0.2) is 29.2 Å². The third kappa shape index (κ3) is 3.12. The minimum Gasteiger partial charge on any atom is -0.379 e. The molecular weight excluding hydrogens is 409 g/mol. The molecule has 154 valence electrons. The number of nitrogens with zero attached hydrogens (tertiary/aromatic N) is 4. The van der Waals surface area contributed by atoms with Gasteiger partial charge in [0.25, 0.3) is 5.56 Å². The van der Waals surface area contributed by atoms with E-state index < -0.39 is 22.4 Å². The fourth-order valence-corrected chi connectivity index (χ4v) is 3.97. The Morgan fingerprint density at radius 2 is 2.00 bits per heavy atom. The van der Waals surface area contributed by atoms with E-state index in [0.29, 0.717) is 5.39 Å². The third-order valence-electron chi connectivity index (χ3n) is 5.35. The first-order chi connectivity index (χ1) is 13.6. The van der Waals surface area contributed by atoms with Crippen LogP contribution in [0.4, 0.5) is 13.2 Å². The number of aryl methyl sites for hydroxylation is 1. The Morgan fingerprint density at radius 3 is 2.55 bits per heavy atom. The average molecular weight is 427 g/mol. The lowest BCUT2D eigenvalue weighted by atomic mass is 9.86. The summed E-state index contributed by atoms with van der Waals surface area (Å²) in [6, 6.07) is 3.20. The summed E-state index contributed by atoms with van der Waals surface area (Å²) in [5.41, 5.74) is -2.43. The lowest BCUT2D eigenvalue weighted by Crippen LogP contribution is -2.30. The molecule has 4 rings (SSSR count). The SMILES string of the molecule is CCC(O)(c1ccc(C(F)(F)F)c(Cl)c1)c1c2cnn(C3CC3)c(=O)c2nn1C. The summed E-state index contributed by atoms with van der Waals surface area (Å²) in [4.78, 5) is 12.7. The van der Waals surface area contributed by atoms with Crippen molar-refractivity contribution < 1.29 is 18.3 Å². The molecule has 3 aromatic rings. The highest BCUT2D eigenvalue weighted by atomic mass is 35.5. The molecule has 1 N–H and O–H groups in total. The zero-order chi connectivity index (χ0) is 21.1. The molecule has 6 nitrogen and oxygen atoms in total. The van der Waals surface area contributed by atoms with Gasteiger partial charge < -0.3 is 5.11 Å². The van der Waals surface area contributed by atoms with Gasteiger partial charge in [-0.15, -0.1) is 0 Å². The molecule has 0 aliphatic heterocycles. The van der Waals surface area contributed by atoms with Crippen molar-refractivity contribution in [1.82, 2.24) is 19.6 Å². The Hall–Kier alpha value is -2.39. The van der Waals surface area contributed by atoms with Gasteiger partial charge in [-0.2, -0.15) is 23.4 Å². The molecule has 0 bridgehead atoms. The number of rotatable bonds is 4. The van der Waals surface area contributed by atoms with Gasteiger partial charge in [-0.05, 0) is 37.0 Å². The van der Waals surface area contributed by atoms with Crippen molar-refractivity contribution in [1.29, 1.82) is 0 Å². The van der Waals surface area contributed by atoms with Crippen LogP contribution in [0.2, 0.25) is 5.02 Å². The smallest absolute Gasteiger partial charge is 0.379 e. The van der Waals surface area contributed by atoms with Crippen LogP contribution in [0, 0.1) is 0 Å². The van der Waals surface area contributed by atoms with E-state index in [2.05, 4.69) is 10.2 Å². The standard InChI is InChI=1S/C19H18ClF3N4O2/c1-3-18(29,10-4-7-13(14(20)8-10)19(21,22)23)16-12-9-24-27(11-5-6-11)17(28)15(12)25-26(16)2/h4,7-9,11,29H,3,5-6H2,1-2H3. The maximum atomic E-state index is 13.1. The summed E-state index contributed by atoms with van der Waals surface area (Å²) in [5, 5.41) is 19.8. The van der Waals surface area contributed by atoms with Gasteiger partial charge in [-0.1, -0.05) is 24.6 Å². The number of hydrogen-bond acceptors (Lipinski definition) is 4.